The molecule has 36 heavy (non-hydrogen) atoms. The first-order valence-electron chi connectivity index (χ1n) is 10.2. The quantitative estimate of drug-likeness (QED) is 0.128. The van der Waals surface area contributed by atoms with Crippen molar-refractivity contribution in [3.05, 3.63) is 93.8 Å². The molecule has 0 saturated carbocycles. The molecule has 2 N–H and O–H groups in total. The highest BCUT2D eigenvalue weighted by Gasteiger charge is 2.22. The minimum absolute atomic E-state index is 0.0000813. The Labute approximate surface area is 203 Å². The number of nitrogens with zero attached hydrogens (tertiary/aromatic N) is 2. The Morgan fingerprint density at radius 1 is 0.972 bits per heavy atom. The maximum absolute atomic E-state index is 12.9. The highest BCUT2D eigenvalue weighted by atomic mass is 19.1. The van der Waals surface area contributed by atoms with Gasteiger partial charge in [0.2, 0.25) is 0 Å². The molecule has 0 aliphatic carbocycles. The van der Waals surface area contributed by atoms with Gasteiger partial charge in [-0.3, -0.25) is 19.7 Å². The summed E-state index contributed by atoms with van der Waals surface area (Å²) in [6, 6.07) is 14.6. The van der Waals surface area contributed by atoms with Crippen LogP contribution in [0.1, 0.15) is 22.8 Å². The zero-order valence-electron chi connectivity index (χ0n) is 19.0. The number of rotatable bonds is 7. The second-order valence-electron chi connectivity index (χ2n) is 7.13. The van der Waals surface area contributed by atoms with Gasteiger partial charge in [-0.1, -0.05) is 12.1 Å². The highest BCUT2D eigenvalue weighted by Crippen LogP contribution is 2.30. The van der Waals surface area contributed by atoms with Crippen molar-refractivity contribution in [2.45, 2.75) is 6.92 Å². The van der Waals surface area contributed by atoms with E-state index in [9.17, 15) is 28.9 Å². The van der Waals surface area contributed by atoms with Crippen LogP contribution in [-0.4, -0.2) is 35.5 Å². The third-order valence-electron chi connectivity index (χ3n) is 4.74. The molecule has 0 radical (unpaired) electrons. The Morgan fingerprint density at radius 2 is 1.67 bits per heavy atom. The summed E-state index contributed by atoms with van der Waals surface area (Å²) >= 11 is 0. The largest absolute Gasteiger partial charge is 0.493 e. The molecule has 0 aliphatic heterocycles. The van der Waals surface area contributed by atoms with Gasteiger partial charge in [0, 0.05) is 17.3 Å². The molecule has 0 aromatic heterocycles. The van der Waals surface area contributed by atoms with Crippen molar-refractivity contribution in [3.63, 3.8) is 0 Å². The first kappa shape index (κ1) is 25.5. The van der Waals surface area contributed by atoms with Crippen LogP contribution in [0.4, 0.5) is 15.8 Å². The Hall–Kier alpha value is -5.13. The van der Waals surface area contributed by atoms with E-state index in [1.165, 1.54) is 61.7 Å². The first-order valence-corrected chi connectivity index (χ1v) is 10.2. The molecule has 0 spiro atoms. The van der Waals surface area contributed by atoms with Gasteiger partial charge in [0.1, 0.15) is 11.4 Å². The van der Waals surface area contributed by atoms with Crippen LogP contribution < -0.4 is 20.2 Å². The van der Waals surface area contributed by atoms with Crippen LogP contribution in [0.5, 0.6) is 11.5 Å². The molecule has 3 aromatic rings. The van der Waals surface area contributed by atoms with Gasteiger partial charge in [0.25, 0.3) is 5.69 Å². The average molecular weight is 494 g/mol. The maximum Gasteiger partial charge on any atom is 0.350 e. The van der Waals surface area contributed by atoms with Crippen molar-refractivity contribution in [2.75, 3.05) is 12.4 Å². The zero-order valence-corrected chi connectivity index (χ0v) is 19.0. The minimum atomic E-state index is -1.05. The molecule has 0 saturated heterocycles. The van der Waals surface area contributed by atoms with Gasteiger partial charge in [-0.05, 0) is 55.5 Å². The number of nitro benzene ring substituents is 1. The predicted octanol–water partition coefficient (Wildman–Crippen LogP) is 3.44. The number of para-hydroxylation sites is 1. The Morgan fingerprint density at radius 3 is 2.33 bits per heavy atom. The molecule has 12 heteroatoms. The lowest BCUT2D eigenvalue weighted by Gasteiger charge is -2.11. The molecular weight excluding hydrogens is 475 g/mol. The van der Waals surface area contributed by atoms with E-state index in [-0.39, 0.29) is 28.5 Å². The van der Waals surface area contributed by atoms with E-state index in [0.29, 0.717) is 5.56 Å². The standard InChI is InChI=1S/C24H19FN4O7/c1-14(27-28-23(31)22(30)26-17-10-8-16(25)9-11-17)15-7-12-20(21(13-15)35-2)36-24(32)18-5-3-4-6-19(18)29(33)34/h3-13H,1-2H3,(H,26,30)(H,28,31). The van der Waals surface area contributed by atoms with E-state index in [0.717, 1.165) is 12.1 Å². The van der Waals surface area contributed by atoms with Gasteiger partial charge in [-0.15, -0.1) is 0 Å². The molecule has 0 heterocycles. The number of anilines is 1. The number of esters is 1. The lowest BCUT2D eigenvalue weighted by atomic mass is 10.1. The predicted molar refractivity (Wildman–Crippen MR) is 126 cm³/mol. The molecule has 184 valence electrons. The van der Waals surface area contributed by atoms with Crippen molar-refractivity contribution in [3.8, 4) is 11.5 Å². The van der Waals surface area contributed by atoms with Crippen molar-refractivity contribution in [1.82, 2.24) is 5.43 Å². The number of hydrazone groups is 1. The second kappa shape index (κ2) is 11.3. The molecule has 3 rings (SSSR count). The van der Waals surface area contributed by atoms with E-state index in [1.54, 1.807) is 6.92 Å². The van der Waals surface area contributed by atoms with Crippen LogP contribution in [0.3, 0.4) is 0 Å². The number of nitro groups is 1. The average Bonchev–Trinajstić information content (AvgIpc) is 2.88. The van der Waals surface area contributed by atoms with Gasteiger partial charge in [0.15, 0.2) is 11.5 Å². The van der Waals surface area contributed by atoms with Crippen molar-refractivity contribution < 1.29 is 33.2 Å². The van der Waals surface area contributed by atoms with Gasteiger partial charge in [-0.25, -0.2) is 14.6 Å². The van der Waals surface area contributed by atoms with E-state index in [2.05, 4.69) is 15.8 Å². The number of carbonyl (C=O) groups excluding carboxylic acids is 3. The first-order chi connectivity index (χ1) is 17.2. The van der Waals surface area contributed by atoms with E-state index in [1.807, 2.05) is 0 Å². The lowest BCUT2D eigenvalue weighted by molar-refractivity contribution is -0.385. The fraction of sp³-hybridized carbons (Fsp3) is 0.0833. The minimum Gasteiger partial charge on any atom is -0.493 e. The number of methoxy groups -OCH3 is 1. The number of benzene rings is 3. The third-order valence-corrected chi connectivity index (χ3v) is 4.74. The van der Waals surface area contributed by atoms with Crippen molar-refractivity contribution in [1.29, 1.82) is 0 Å². The lowest BCUT2D eigenvalue weighted by Crippen LogP contribution is -2.32. The summed E-state index contributed by atoms with van der Waals surface area (Å²) in [5, 5.41) is 17.3. The third kappa shape index (κ3) is 6.26. The summed E-state index contributed by atoms with van der Waals surface area (Å²) in [4.78, 5) is 47.0. The van der Waals surface area contributed by atoms with E-state index in [4.69, 9.17) is 9.47 Å². The number of hydrogen-bond donors (Lipinski definition) is 2. The second-order valence-corrected chi connectivity index (χ2v) is 7.13. The van der Waals surface area contributed by atoms with Crippen molar-refractivity contribution in [2.24, 2.45) is 5.10 Å². The molecular formula is C24H19FN4O7. The van der Waals surface area contributed by atoms with E-state index < -0.39 is 34.2 Å². The molecule has 0 bridgehead atoms. The number of carbonyl (C=O) groups is 3. The summed E-state index contributed by atoms with van der Waals surface area (Å²) < 4.78 is 23.5. The molecule has 3 aromatic carbocycles. The van der Waals surface area contributed by atoms with Crippen LogP contribution in [-0.2, 0) is 9.59 Å². The fourth-order valence-corrected chi connectivity index (χ4v) is 2.91. The fourth-order valence-electron chi connectivity index (χ4n) is 2.91. The number of halogens is 1. The highest BCUT2D eigenvalue weighted by molar-refractivity contribution is 6.39. The number of amides is 2. The van der Waals surface area contributed by atoms with Crippen LogP contribution in [0.25, 0.3) is 0 Å². The number of nitrogens with one attached hydrogen (secondary N) is 2. The monoisotopic (exact) mass is 494 g/mol. The molecule has 2 amide bonds. The Bertz CT molecular complexity index is 1360. The summed E-state index contributed by atoms with van der Waals surface area (Å²) in [6.07, 6.45) is 0. The Kier molecular flexibility index (Phi) is 8.02. The van der Waals surface area contributed by atoms with Crippen LogP contribution >= 0.6 is 0 Å². The SMILES string of the molecule is COc1cc(C(C)=NNC(=O)C(=O)Nc2ccc(F)cc2)ccc1OC(=O)c1ccccc1[N+](=O)[O-]. The Balaban J connectivity index is 1.70. The molecule has 0 aliphatic rings. The van der Waals surface area contributed by atoms with Gasteiger partial charge < -0.3 is 14.8 Å². The van der Waals surface area contributed by atoms with E-state index >= 15 is 0 Å². The number of ether oxygens (including phenoxy) is 2. The smallest absolute Gasteiger partial charge is 0.350 e. The zero-order chi connectivity index (χ0) is 26.2. The maximum atomic E-state index is 12.9. The molecule has 0 unspecified atom stereocenters. The molecule has 0 fully saturated rings. The molecule has 0 atom stereocenters. The molecule has 11 nitrogen and oxygen atoms in total. The summed E-state index contributed by atoms with van der Waals surface area (Å²) in [7, 11) is 1.33. The van der Waals surface area contributed by atoms with Crippen LogP contribution in [0.2, 0.25) is 0 Å². The van der Waals surface area contributed by atoms with Gasteiger partial charge in [-0.2, -0.15) is 5.10 Å². The van der Waals surface area contributed by atoms with Gasteiger partial charge in [0.05, 0.1) is 17.7 Å². The van der Waals surface area contributed by atoms with Crippen LogP contribution in [0.15, 0.2) is 71.8 Å². The van der Waals surface area contributed by atoms with Crippen molar-refractivity contribution >= 4 is 34.9 Å². The summed E-state index contributed by atoms with van der Waals surface area (Å²) in [5.41, 5.74) is 2.45. The summed E-state index contributed by atoms with van der Waals surface area (Å²) in [5.74, 6) is -3.38. The summed E-state index contributed by atoms with van der Waals surface area (Å²) in [6.45, 7) is 1.55. The number of hydrogen-bond acceptors (Lipinski definition) is 8. The topological polar surface area (TPSA) is 149 Å². The normalized spacial score (nSPS) is 10.8. The van der Waals surface area contributed by atoms with Gasteiger partial charge >= 0.3 is 17.8 Å². The van der Waals surface area contributed by atoms with Crippen LogP contribution in [0, 0.1) is 15.9 Å².